The molecule has 0 aliphatic carbocycles. The number of amides is 2. The molecule has 1 aliphatic heterocycles. The Morgan fingerprint density at radius 2 is 1.76 bits per heavy atom. The molecule has 1 aliphatic rings. The zero-order valence-electron chi connectivity index (χ0n) is 19.9. The molecule has 2 heterocycles. The van der Waals surface area contributed by atoms with E-state index in [0.29, 0.717) is 12.2 Å². The Morgan fingerprint density at radius 1 is 1.03 bits per heavy atom. The Balaban J connectivity index is 0.000000480. The SMILES string of the molecule is COc1ccc2[nH]cc(CCNC3CC(=O)N(c4cccc5ccccc45)C3=O)c2c1.O=C(O)C(=O)O. The van der Waals surface area contributed by atoms with Gasteiger partial charge in [-0.2, -0.15) is 0 Å². The van der Waals surface area contributed by atoms with E-state index in [4.69, 9.17) is 24.5 Å². The van der Waals surface area contributed by atoms with Crippen LogP contribution in [0.1, 0.15) is 12.0 Å². The molecule has 0 saturated carbocycles. The average molecular weight is 504 g/mol. The molecule has 190 valence electrons. The number of rotatable bonds is 6. The first kappa shape index (κ1) is 25.4. The van der Waals surface area contributed by atoms with Gasteiger partial charge in [0.2, 0.25) is 5.91 Å². The molecule has 37 heavy (non-hydrogen) atoms. The summed E-state index contributed by atoms with van der Waals surface area (Å²) in [7, 11) is 1.65. The zero-order chi connectivity index (χ0) is 26.5. The highest BCUT2D eigenvalue weighted by Gasteiger charge is 2.39. The molecule has 0 spiro atoms. The van der Waals surface area contributed by atoms with Gasteiger partial charge in [-0.1, -0.05) is 36.4 Å². The molecule has 0 bridgehead atoms. The maximum absolute atomic E-state index is 13.1. The lowest BCUT2D eigenvalue weighted by molar-refractivity contribution is -0.159. The molecule has 10 heteroatoms. The first-order valence-electron chi connectivity index (χ1n) is 11.5. The first-order chi connectivity index (χ1) is 17.8. The third-order valence-electron chi connectivity index (χ3n) is 6.10. The summed E-state index contributed by atoms with van der Waals surface area (Å²) in [4.78, 5) is 48.6. The van der Waals surface area contributed by atoms with Crippen LogP contribution < -0.4 is 15.0 Å². The summed E-state index contributed by atoms with van der Waals surface area (Å²) >= 11 is 0. The standard InChI is InChI=1S/C25H23N3O3.C2H2O4/c1-31-18-9-10-21-20(13-18)17(15-27-21)11-12-26-22-14-24(29)28(25(22)30)23-8-4-6-16-5-2-3-7-19(16)23;3-1(4)2(5)6/h2-10,13,15,22,26-27H,11-12,14H2,1H3;(H,3,4)(H,5,6). The number of carbonyl (C=O) groups is 4. The second kappa shape index (κ2) is 10.9. The van der Waals surface area contributed by atoms with Crippen molar-refractivity contribution in [1.82, 2.24) is 10.3 Å². The van der Waals surface area contributed by atoms with Crippen molar-refractivity contribution in [2.75, 3.05) is 18.6 Å². The molecule has 0 radical (unpaired) electrons. The van der Waals surface area contributed by atoms with Crippen LogP contribution in [-0.4, -0.2) is 58.6 Å². The largest absolute Gasteiger partial charge is 0.497 e. The van der Waals surface area contributed by atoms with Crippen molar-refractivity contribution in [2.45, 2.75) is 18.9 Å². The Bertz CT molecular complexity index is 1480. The van der Waals surface area contributed by atoms with Crippen LogP contribution in [-0.2, 0) is 25.6 Å². The first-order valence-corrected chi connectivity index (χ1v) is 11.5. The van der Waals surface area contributed by atoms with E-state index in [1.54, 1.807) is 7.11 Å². The molecule has 3 aromatic carbocycles. The van der Waals surface area contributed by atoms with Crippen molar-refractivity contribution in [2.24, 2.45) is 0 Å². The number of hydrogen-bond donors (Lipinski definition) is 4. The molecule has 1 saturated heterocycles. The minimum Gasteiger partial charge on any atom is -0.497 e. The van der Waals surface area contributed by atoms with Crippen LogP contribution in [0.3, 0.4) is 0 Å². The Morgan fingerprint density at radius 3 is 2.49 bits per heavy atom. The predicted octanol–water partition coefficient (Wildman–Crippen LogP) is 2.95. The molecule has 1 atom stereocenters. The van der Waals surface area contributed by atoms with E-state index in [0.717, 1.165) is 39.4 Å². The maximum atomic E-state index is 13.1. The number of fused-ring (bicyclic) bond motifs is 2. The molecule has 5 rings (SSSR count). The molecule has 4 N–H and O–H groups in total. The Kier molecular flexibility index (Phi) is 7.49. The number of carboxylic acid groups (broad SMARTS) is 2. The van der Waals surface area contributed by atoms with Gasteiger partial charge < -0.3 is 25.3 Å². The van der Waals surface area contributed by atoms with Crippen LogP contribution >= 0.6 is 0 Å². The summed E-state index contributed by atoms with van der Waals surface area (Å²) in [5.41, 5.74) is 2.84. The summed E-state index contributed by atoms with van der Waals surface area (Å²) < 4.78 is 5.33. The van der Waals surface area contributed by atoms with Gasteiger partial charge in [0.15, 0.2) is 0 Å². The van der Waals surface area contributed by atoms with Gasteiger partial charge in [-0.05, 0) is 41.6 Å². The van der Waals surface area contributed by atoms with Crippen LogP contribution in [0, 0.1) is 0 Å². The lowest BCUT2D eigenvalue weighted by Crippen LogP contribution is -2.39. The summed E-state index contributed by atoms with van der Waals surface area (Å²) in [6.07, 6.45) is 2.89. The topological polar surface area (TPSA) is 149 Å². The minimum atomic E-state index is -1.82. The quantitative estimate of drug-likeness (QED) is 0.232. The van der Waals surface area contributed by atoms with Crippen LogP contribution in [0.15, 0.2) is 66.9 Å². The van der Waals surface area contributed by atoms with E-state index in [9.17, 15) is 9.59 Å². The second-order valence-corrected chi connectivity index (χ2v) is 8.36. The van der Waals surface area contributed by atoms with E-state index in [2.05, 4.69) is 10.3 Å². The highest BCUT2D eigenvalue weighted by molar-refractivity contribution is 6.27. The zero-order valence-corrected chi connectivity index (χ0v) is 19.9. The van der Waals surface area contributed by atoms with Gasteiger partial charge in [-0.25, -0.2) is 14.5 Å². The predicted molar refractivity (Wildman–Crippen MR) is 137 cm³/mol. The molecule has 2 amide bonds. The number of aliphatic carboxylic acids is 2. The fourth-order valence-corrected chi connectivity index (χ4v) is 4.32. The van der Waals surface area contributed by atoms with Gasteiger partial charge in [0.05, 0.1) is 25.3 Å². The van der Waals surface area contributed by atoms with Crippen LogP contribution in [0.25, 0.3) is 21.7 Å². The number of methoxy groups -OCH3 is 1. The highest BCUT2D eigenvalue weighted by Crippen LogP contribution is 2.31. The van der Waals surface area contributed by atoms with E-state index in [1.807, 2.05) is 66.9 Å². The molecular weight excluding hydrogens is 478 g/mol. The average Bonchev–Trinajstić information content (AvgIpc) is 3.43. The van der Waals surface area contributed by atoms with Gasteiger partial charge in [0.1, 0.15) is 5.75 Å². The molecular formula is C27H25N3O7. The van der Waals surface area contributed by atoms with Gasteiger partial charge in [-0.15, -0.1) is 0 Å². The minimum absolute atomic E-state index is 0.170. The fourth-order valence-electron chi connectivity index (χ4n) is 4.32. The van der Waals surface area contributed by atoms with Crippen molar-refractivity contribution in [3.8, 4) is 5.75 Å². The number of carbonyl (C=O) groups excluding carboxylic acids is 2. The van der Waals surface area contributed by atoms with Crippen molar-refractivity contribution < 1.29 is 34.1 Å². The van der Waals surface area contributed by atoms with E-state index in [-0.39, 0.29) is 18.2 Å². The lowest BCUT2D eigenvalue weighted by Gasteiger charge is -2.17. The second-order valence-electron chi connectivity index (χ2n) is 8.36. The van der Waals surface area contributed by atoms with Crippen LogP contribution in [0.4, 0.5) is 5.69 Å². The number of ether oxygens (including phenoxy) is 1. The van der Waals surface area contributed by atoms with Gasteiger partial charge >= 0.3 is 11.9 Å². The van der Waals surface area contributed by atoms with Crippen molar-refractivity contribution in [1.29, 1.82) is 0 Å². The number of hydrogen-bond acceptors (Lipinski definition) is 6. The van der Waals surface area contributed by atoms with Gasteiger partial charge in [0, 0.05) is 29.0 Å². The van der Waals surface area contributed by atoms with Crippen molar-refractivity contribution in [3.63, 3.8) is 0 Å². The number of aromatic amines is 1. The van der Waals surface area contributed by atoms with E-state index >= 15 is 0 Å². The highest BCUT2D eigenvalue weighted by atomic mass is 16.5. The van der Waals surface area contributed by atoms with Gasteiger partial charge in [0.25, 0.3) is 5.91 Å². The normalized spacial score (nSPS) is 15.1. The van der Waals surface area contributed by atoms with Crippen molar-refractivity contribution >= 4 is 51.1 Å². The summed E-state index contributed by atoms with van der Waals surface area (Å²) in [6, 6.07) is 18.9. The fraction of sp³-hybridized carbons (Fsp3) is 0.185. The van der Waals surface area contributed by atoms with E-state index in [1.165, 1.54) is 4.90 Å². The molecule has 1 fully saturated rings. The molecule has 1 unspecified atom stereocenters. The maximum Gasteiger partial charge on any atom is 0.414 e. The number of benzene rings is 3. The smallest absolute Gasteiger partial charge is 0.414 e. The third-order valence-corrected chi connectivity index (χ3v) is 6.10. The van der Waals surface area contributed by atoms with Crippen LogP contribution in [0.5, 0.6) is 5.75 Å². The van der Waals surface area contributed by atoms with E-state index < -0.39 is 18.0 Å². The number of H-pyrrole nitrogens is 1. The summed E-state index contributed by atoms with van der Waals surface area (Å²) in [6.45, 7) is 0.594. The number of aromatic nitrogens is 1. The Labute approximate surface area is 211 Å². The number of anilines is 1. The number of nitrogens with zero attached hydrogens (tertiary/aromatic N) is 1. The summed E-state index contributed by atoms with van der Waals surface area (Å²) in [5.74, 6) is -3.20. The van der Waals surface area contributed by atoms with Crippen molar-refractivity contribution in [3.05, 3.63) is 72.4 Å². The lowest BCUT2D eigenvalue weighted by atomic mass is 10.1. The number of carboxylic acids is 2. The summed E-state index contributed by atoms with van der Waals surface area (Å²) in [5, 5.41) is 21.1. The Hall–Kier alpha value is -4.70. The molecule has 1 aromatic heterocycles. The third kappa shape index (κ3) is 5.44. The monoisotopic (exact) mass is 503 g/mol. The number of imide groups is 1. The van der Waals surface area contributed by atoms with Crippen LogP contribution in [0.2, 0.25) is 0 Å². The molecule has 10 nitrogen and oxygen atoms in total. The van der Waals surface area contributed by atoms with Gasteiger partial charge in [-0.3, -0.25) is 9.59 Å². The molecule has 4 aromatic rings. The number of nitrogens with one attached hydrogen (secondary N) is 2.